The summed E-state index contributed by atoms with van der Waals surface area (Å²) in [5.41, 5.74) is 1.38. The third kappa shape index (κ3) is 2.57. The first-order chi connectivity index (χ1) is 7.40. The highest BCUT2D eigenvalue weighted by Gasteiger charge is 2.23. The highest BCUT2D eigenvalue weighted by molar-refractivity contribution is 5.16. The van der Waals surface area contributed by atoms with Crippen LogP contribution >= 0.6 is 0 Å². The molecular formula is C13H16N2. The van der Waals surface area contributed by atoms with Crippen LogP contribution in [0.1, 0.15) is 18.4 Å². The summed E-state index contributed by atoms with van der Waals surface area (Å²) in [7, 11) is 0. The van der Waals surface area contributed by atoms with Gasteiger partial charge in [-0.3, -0.25) is 4.90 Å². The van der Waals surface area contributed by atoms with Crippen molar-refractivity contribution in [3.63, 3.8) is 0 Å². The first-order valence-electron chi connectivity index (χ1n) is 5.55. The van der Waals surface area contributed by atoms with Gasteiger partial charge in [0.2, 0.25) is 0 Å². The van der Waals surface area contributed by atoms with Gasteiger partial charge in [0.25, 0.3) is 0 Å². The van der Waals surface area contributed by atoms with Crippen LogP contribution in [0.2, 0.25) is 0 Å². The fraction of sp³-hybridized carbons (Fsp3) is 0.462. The van der Waals surface area contributed by atoms with E-state index in [4.69, 9.17) is 5.26 Å². The van der Waals surface area contributed by atoms with Gasteiger partial charge < -0.3 is 0 Å². The Bertz CT molecular complexity index is 339. The Morgan fingerprint density at radius 1 is 1.33 bits per heavy atom. The molecule has 1 aromatic rings. The number of nitriles is 1. The van der Waals surface area contributed by atoms with Crippen LogP contribution in [0, 0.1) is 11.3 Å². The molecule has 1 aliphatic heterocycles. The van der Waals surface area contributed by atoms with Crippen molar-refractivity contribution in [2.45, 2.75) is 25.3 Å². The molecular weight excluding hydrogens is 184 g/mol. The van der Waals surface area contributed by atoms with Crippen molar-refractivity contribution in [1.29, 1.82) is 5.26 Å². The predicted molar refractivity (Wildman–Crippen MR) is 60.4 cm³/mol. The second-order valence-corrected chi connectivity index (χ2v) is 4.11. The maximum atomic E-state index is 8.72. The van der Waals surface area contributed by atoms with Crippen LogP contribution < -0.4 is 0 Å². The summed E-state index contributed by atoms with van der Waals surface area (Å²) >= 11 is 0. The predicted octanol–water partition coefficient (Wildman–Crippen LogP) is 2.22. The molecule has 0 aromatic heterocycles. The summed E-state index contributed by atoms with van der Waals surface area (Å²) in [6.07, 6.45) is 3.55. The average Bonchev–Trinajstić information content (AvgIpc) is 2.68. The maximum absolute atomic E-state index is 8.72. The lowest BCUT2D eigenvalue weighted by Gasteiger charge is -2.21. The van der Waals surface area contributed by atoms with Gasteiger partial charge in [0.1, 0.15) is 0 Å². The first-order valence-corrected chi connectivity index (χ1v) is 5.55. The van der Waals surface area contributed by atoms with Gasteiger partial charge in [-0.15, -0.1) is 0 Å². The largest absolute Gasteiger partial charge is 0.287 e. The van der Waals surface area contributed by atoms with Crippen LogP contribution in [0.25, 0.3) is 0 Å². The van der Waals surface area contributed by atoms with E-state index in [1.54, 1.807) is 0 Å². The van der Waals surface area contributed by atoms with Crippen molar-refractivity contribution in [3.8, 4) is 6.07 Å². The lowest BCUT2D eigenvalue weighted by atomic mass is 10.0. The van der Waals surface area contributed by atoms with E-state index in [2.05, 4.69) is 35.2 Å². The Labute approximate surface area is 91.1 Å². The Morgan fingerprint density at radius 2 is 2.13 bits per heavy atom. The molecule has 1 atom stereocenters. The smallest absolute Gasteiger partial charge is 0.0868 e. The Morgan fingerprint density at radius 3 is 2.87 bits per heavy atom. The summed E-state index contributed by atoms with van der Waals surface area (Å²) in [5.74, 6) is 0. The van der Waals surface area contributed by atoms with Crippen molar-refractivity contribution < 1.29 is 0 Å². The fourth-order valence-electron chi connectivity index (χ4n) is 2.31. The number of hydrogen-bond acceptors (Lipinski definition) is 2. The molecule has 1 saturated heterocycles. The molecule has 1 heterocycles. The zero-order valence-corrected chi connectivity index (χ0v) is 8.89. The lowest BCUT2D eigenvalue weighted by molar-refractivity contribution is 0.282. The summed E-state index contributed by atoms with van der Waals surface area (Å²) in [5, 5.41) is 8.72. The molecule has 2 nitrogen and oxygen atoms in total. The topological polar surface area (TPSA) is 27.0 Å². The number of benzene rings is 1. The minimum absolute atomic E-state index is 0.576. The van der Waals surface area contributed by atoms with E-state index in [1.807, 2.05) is 6.07 Å². The molecule has 0 aliphatic carbocycles. The number of likely N-dealkylation sites (tertiary alicyclic amines) is 1. The van der Waals surface area contributed by atoms with Gasteiger partial charge in [0, 0.05) is 6.04 Å². The maximum Gasteiger partial charge on any atom is 0.0868 e. The van der Waals surface area contributed by atoms with E-state index in [1.165, 1.54) is 18.4 Å². The molecule has 1 unspecified atom stereocenters. The standard InChI is InChI=1S/C13H16N2/c14-8-10-15-9-4-7-13(15)11-12-5-2-1-3-6-12/h1-3,5-6,13H,4,7,9-11H2. The van der Waals surface area contributed by atoms with Crippen LogP contribution in [0.5, 0.6) is 0 Å². The highest BCUT2D eigenvalue weighted by Crippen LogP contribution is 2.20. The highest BCUT2D eigenvalue weighted by atomic mass is 15.2. The fourth-order valence-corrected chi connectivity index (χ4v) is 2.31. The normalized spacial score (nSPS) is 21.4. The number of hydrogen-bond donors (Lipinski definition) is 0. The number of rotatable bonds is 3. The summed E-state index contributed by atoms with van der Waals surface area (Å²) < 4.78 is 0. The summed E-state index contributed by atoms with van der Waals surface area (Å²) in [6.45, 7) is 1.67. The SMILES string of the molecule is N#CCN1CCCC1Cc1ccccc1. The van der Waals surface area contributed by atoms with Gasteiger partial charge in [0.15, 0.2) is 0 Å². The van der Waals surface area contributed by atoms with E-state index in [0.29, 0.717) is 12.6 Å². The molecule has 1 aromatic carbocycles. The van der Waals surface area contributed by atoms with Crippen molar-refractivity contribution in [2.24, 2.45) is 0 Å². The molecule has 0 spiro atoms. The van der Waals surface area contributed by atoms with E-state index in [0.717, 1.165) is 13.0 Å². The quantitative estimate of drug-likeness (QED) is 0.699. The van der Waals surface area contributed by atoms with Gasteiger partial charge in [-0.05, 0) is 31.4 Å². The second kappa shape index (κ2) is 4.95. The molecule has 2 rings (SSSR count). The van der Waals surface area contributed by atoms with Crippen LogP contribution in [0.15, 0.2) is 30.3 Å². The van der Waals surface area contributed by atoms with Crippen LogP contribution in [-0.2, 0) is 6.42 Å². The summed E-state index contributed by atoms with van der Waals surface area (Å²) in [4.78, 5) is 2.30. The lowest BCUT2D eigenvalue weighted by Crippen LogP contribution is -2.31. The Hall–Kier alpha value is -1.33. The van der Waals surface area contributed by atoms with Gasteiger partial charge in [0.05, 0.1) is 12.6 Å². The molecule has 0 radical (unpaired) electrons. The molecule has 78 valence electrons. The Kier molecular flexibility index (Phi) is 3.37. The van der Waals surface area contributed by atoms with Crippen LogP contribution in [0.4, 0.5) is 0 Å². The van der Waals surface area contributed by atoms with Gasteiger partial charge in [-0.1, -0.05) is 30.3 Å². The average molecular weight is 200 g/mol. The van der Waals surface area contributed by atoms with E-state index in [9.17, 15) is 0 Å². The third-order valence-corrected chi connectivity index (χ3v) is 3.09. The van der Waals surface area contributed by atoms with Crippen molar-refractivity contribution in [1.82, 2.24) is 4.90 Å². The molecule has 1 aliphatic rings. The third-order valence-electron chi connectivity index (χ3n) is 3.09. The van der Waals surface area contributed by atoms with E-state index >= 15 is 0 Å². The van der Waals surface area contributed by atoms with Gasteiger partial charge in [-0.2, -0.15) is 5.26 Å². The summed E-state index contributed by atoms with van der Waals surface area (Å²) in [6, 6.07) is 13.4. The van der Waals surface area contributed by atoms with E-state index < -0.39 is 0 Å². The van der Waals surface area contributed by atoms with Crippen LogP contribution in [0.3, 0.4) is 0 Å². The minimum Gasteiger partial charge on any atom is -0.287 e. The van der Waals surface area contributed by atoms with Crippen molar-refractivity contribution in [3.05, 3.63) is 35.9 Å². The first kappa shape index (κ1) is 10.2. The molecule has 0 N–H and O–H groups in total. The number of nitrogens with zero attached hydrogens (tertiary/aromatic N) is 2. The monoisotopic (exact) mass is 200 g/mol. The molecule has 0 amide bonds. The molecule has 1 fully saturated rings. The van der Waals surface area contributed by atoms with Crippen molar-refractivity contribution in [2.75, 3.05) is 13.1 Å². The van der Waals surface area contributed by atoms with E-state index in [-0.39, 0.29) is 0 Å². The van der Waals surface area contributed by atoms with Crippen LogP contribution in [-0.4, -0.2) is 24.0 Å². The van der Waals surface area contributed by atoms with Gasteiger partial charge in [-0.25, -0.2) is 0 Å². The molecule has 15 heavy (non-hydrogen) atoms. The Balaban J connectivity index is 1.97. The molecule has 2 heteroatoms. The second-order valence-electron chi connectivity index (χ2n) is 4.11. The van der Waals surface area contributed by atoms with Gasteiger partial charge >= 0.3 is 0 Å². The zero-order valence-electron chi connectivity index (χ0n) is 8.89. The molecule has 0 saturated carbocycles. The minimum atomic E-state index is 0.576. The zero-order chi connectivity index (χ0) is 10.5. The van der Waals surface area contributed by atoms with Crippen molar-refractivity contribution >= 4 is 0 Å². The molecule has 0 bridgehead atoms.